The Balaban J connectivity index is 2.45. The van der Waals surface area contributed by atoms with Gasteiger partial charge >= 0.3 is 0 Å². The summed E-state index contributed by atoms with van der Waals surface area (Å²) >= 11 is 0. The van der Waals surface area contributed by atoms with E-state index in [9.17, 15) is 5.11 Å². The Morgan fingerprint density at radius 1 is 1.35 bits per heavy atom. The Morgan fingerprint density at radius 2 is 2.06 bits per heavy atom. The van der Waals surface area contributed by atoms with Crippen molar-refractivity contribution in [3.8, 4) is 0 Å². The summed E-state index contributed by atoms with van der Waals surface area (Å²) in [5.74, 6) is 0. The topological polar surface area (TPSA) is 38.0 Å². The van der Waals surface area contributed by atoms with Crippen LogP contribution in [0.3, 0.4) is 0 Å². The molecule has 0 aliphatic carbocycles. The predicted molar refractivity (Wildman–Crippen MR) is 67.8 cm³/mol. The minimum Gasteiger partial charge on any atom is -0.381 e. The quantitative estimate of drug-likeness (QED) is 0.879. The lowest BCUT2D eigenvalue weighted by molar-refractivity contribution is 0.101. The summed E-state index contributed by atoms with van der Waals surface area (Å²) in [4.78, 5) is 0. The average molecular weight is 230 g/mol. The van der Waals surface area contributed by atoms with Crippen molar-refractivity contribution in [2.24, 2.45) is 0 Å². The predicted octanol–water partition coefficient (Wildman–Crippen LogP) is 2.47. The van der Waals surface area contributed by atoms with Crippen LogP contribution in [0.4, 0.5) is 0 Å². The summed E-state index contributed by atoms with van der Waals surface area (Å²) in [5, 5.41) is 14.9. The van der Waals surface area contributed by atoms with Gasteiger partial charge in [-0.1, -0.05) is 24.3 Å². The number of hydrogen-bond donors (Lipinski definition) is 1. The summed E-state index contributed by atoms with van der Waals surface area (Å²) in [7, 11) is 0. The zero-order valence-corrected chi connectivity index (χ0v) is 10.5. The molecule has 1 atom stereocenters. The molecule has 0 aliphatic rings. The van der Waals surface area contributed by atoms with E-state index in [0.29, 0.717) is 0 Å². The maximum Gasteiger partial charge on any atom is 0.115 e. The molecule has 2 rings (SSSR count). The zero-order chi connectivity index (χ0) is 12.5. The van der Waals surface area contributed by atoms with Gasteiger partial charge in [0.15, 0.2) is 0 Å². The van der Waals surface area contributed by atoms with Crippen LogP contribution >= 0.6 is 0 Å². The van der Waals surface area contributed by atoms with Gasteiger partial charge in [0.05, 0.1) is 6.20 Å². The second-order valence-corrected chi connectivity index (χ2v) is 4.47. The monoisotopic (exact) mass is 230 g/mol. The molecule has 1 N–H and O–H groups in total. The first kappa shape index (κ1) is 11.9. The average Bonchev–Trinajstić information content (AvgIpc) is 2.78. The summed E-state index contributed by atoms with van der Waals surface area (Å²) in [5.41, 5.74) is 1.85. The van der Waals surface area contributed by atoms with Crippen molar-refractivity contribution in [2.75, 3.05) is 0 Å². The second-order valence-electron chi connectivity index (χ2n) is 4.47. The molecule has 0 amide bonds. The minimum atomic E-state index is -0.987. The van der Waals surface area contributed by atoms with Gasteiger partial charge in [-0.15, -0.1) is 0 Å². The normalized spacial score (nSPS) is 14.6. The molecule has 90 valence electrons. The molecule has 17 heavy (non-hydrogen) atoms. The molecule has 0 spiro atoms. The minimum absolute atomic E-state index is 0.809. The molecule has 0 fully saturated rings. The third-order valence-corrected chi connectivity index (χ3v) is 3.19. The van der Waals surface area contributed by atoms with Gasteiger partial charge in [-0.3, -0.25) is 4.68 Å². The highest BCUT2D eigenvalue weighted by atomic mass is 16.3. The Labute approximate surface area is 102 Å². The summed E-state index contributed by atoms with van der Waals surface area (Å²) in [6.45, 7) is 6.66. The van der Waals surface area contributed by atoms with Gasteiger partial charge in [0.1, 0.15) is 5.60 Å². The van der Waals surface area contributed by atoms with Crippen LogP contribution < -0.4 is 0 Å². The number of rotatable bonds is 3. The van der Waals surface area contributed by atoms with Gasteiger partial charge in [0.25, 0.3) is 0 Å². The Bertz CT molecular complexity index is 514. The molecule has 3 nitrogen and oxygen atoms in total. The number of hydrogen-bond acceptors (Lipinski definition) is 2. The number of nitrogens with zero attached hydrogens (tertiary/aromatic N) is 2. The van der Waals surface area contributed by atoms with Crippen molar-refractivity contribution in [1.29, 1.82) is 0 Å². The lowest BCUT2D eigenvalue weighted by Gasteiger charge is -2.24. The van der Waals surface area contributed by atoms with Crippen LogP contribution in [0.5, 0.6) is 0 Å². The van der Waals surface area contributed by atoms with Crippen LogP contribution in [0.15, 0.2) is 36.7 Å². The first-order valence-electron chi connectivity index (χ1n) is 5.87. The fourth-order valence-corrected chi connectivity index (χ4v) is 2.06. The Kier molecular flexibility index (Phi) is 3.03. The Morgan fingerprint density at radius 3 is 2.65 bits per heavy atom. The largest absolute Gasteiger partial charge is 0.381 e. The standard InChI is InChI=1S/C14H18N2O/c1-4-16-10-12(9-15-16)14(3,17)13-8-6-5-7-11(13)2/h5-10,17H,4H2,1-3H3. The van der Waals surface area contributed by atoms with Gasteiger partial charge in [0.2, 0.25) is 0 Å². The van der Waals surface area contributed by atoms with Crippen molar-refractivity contribution in [3.05, 3.63) is 53.3 Å². The molecule has 1 aromatic carbocycles. The van der Waals surface area contributed by atoms with Gasteiger partial charge < -0.3 is 5.11 Å². The van der Waals surface area contributed by atoms with Crippen molar-refractivity contribution in [1.82, 2.24) is 9.78 Å². The van der Waals surface area contributed by atoms with Crippen LogP contribution in [0.2, 0.25) is 0 Å². The third-order valence-electron chi connectivity index (χ3n) is 3.19. The summed E-state index contributed by atoms with van der Waals surface area (Å²) in [6, 6.07) is 7.89. The zero-order valence-electron chi connectivity index (χ0n) is 10.5. The van der Waals surface area contributed by atoms with E-state index in [0.717, 1.165) is 23.2 Å². The van der Waals surface area contributed by atoms with Crippen molar-refractivity contribution in [3.63, 3.8) is 0 Å². The molecule has 1 aromatic heterocycles. The highest BCUT2D eigenvalue weighted by molar-refractivity contribution is 5.38. The maximum atomic E-state index is 10.7. The van der Waals surface area contributed by atoms with Crippen LogP contribution in [-0.2, 0) is 12.1 Å². The highest BCUT2D eigenvalue weighted by Gasteiger charge is 2.28. The maximum absolute atomic E-state index is 10.7. The number of benzene rings is 1. The molecule has 0 bridgehead atoms. The van der Waals surface area contributed by atoms with Gasteiger partial charge in [-0.05, 0) is 31.9 Å². The SMILES string of the molecule is CCn1cc(C(C)(O)c2ccccc2C)cn1. The van der Waals surface area contributed by atoms with Crippen LogP contribution in [0.25, 0.3) is 0 Å². The third kappa shape index (κ3) is 2.11. The molecule has 2 aromatic rings. The molecule has 1 unspecified atom stereocenters. The lowest BCUT2D eigenvalue weighted by Crippen LogP contribution is -2.23. The van der Waals surface area contributed by atoms with Gasteiger partial charge in [0, 0.05) is 18.3 Å². The number of aliphatic hydroxyl groups is 1. The molecule has 0 saturated carbocycles. The van der Waals surface area contributed by atoms with Crippen LogP contribution in [-0.4, -0.2) is 14.9 Å². The first-order chi connectivity index (χ1) is 8.05. The number of aryl methyl sites for hydroxylation is 2. The van der Waals surface area contributed by atoms with Crippen molar-refractivity contribution < 1.29 is 5.11 Å². The molecule has 0 aliphatic heterocycles. The Hall–Kier alpha value is -1.61. The second kappa shape index (κ2) is 4.34. The van der Waals surface area contributed by atoms with Gasteiger partial charge in [-0.25, -0.2) is 0 Å². The smallest absolute Gasteiger partial charge is 0.115 e. The molecular formula is C14H18N2O. The fraction of sp³-hybridized carbons (Fsp3) is 0.357. The fourth-order valence-electron chi connectivity index (χ4n) is 2.06. The van der Waals surface area contributed by atoms with E-state index in [1.807, 2.05) is 55.9 Å². The molecule has 0 radical (unpaired) electrons. The van der Waals surface area contributed by atoms with E-state index in [1.165, 1.54) is 0 Å². The van der Waals surface area contributed by atoms with Crippen LogP contribution in [0.1, 0.15) is 30.5 Å². The number of aromatic nitrogens is 2. The van der Waals surface area contributed by atoms with E-state index in [2.05, 4.69) is 5.10 Å². The summed E-state index contributed by atoms with van der Waals surface area (Å²) in [6.07, 6.45) is 3.63. The summed E-state index contributed by atoms with van der Waals surface area (Å²) < 4.78 is 1.82. The van der Waals surface area contributed by atoms with Crippen LogP contribution in [0, 0.1) is 6.92 Å². The highest BCUT2D eigenvalue weighted by Crippen LogP contribution is 2.30. The molecule has 0 saturated heterocycles. The molecule has 3 heteroatoms. The van der Waals surface area contributed by atoms with E-state index in [4.69, 9.17) is 0 Å². The van der Waals surface area contributed by atoms with E-state index >= 15 is 0 Å². The van der Waals surface area contributed by atoms with Gasteiger partial charge in [-0.2, -0.15) is 5.10 Å². The first-order valence-corrected chi connectivity index (χ1v) is 5.87. The molecular weight excluding hydrogens is 212 g/mol. The van der Waals surface area contributed by atoms with E-state index < -0.39 is 5.60 Å². The lowest BCUT2D eigenvalue weighted by atomic mass is 9.87. The van der Waals surface area contributed by atoms with E-state index in [-0.39, 0.29) is 0 Å². The van der Waals surface area contributed by atoms with Crippen molar-refractivity contribution >= 4 is 0 Å². The van der Waals surface area contributed by atoms with E-state index in [1.54, 1.807) is 6.20 Å². The van der Waals surface area contributed by atoms with Crippen molar-refractivity contribution in [2.45, 2.75) is 32.9 Å². The molecule has 1 heterocycles.